The van der Waals surface area contributed by atoms with Crippen molar-refractivity contribution in [2.45, 2.75) is 6.92 Å². The number of para-hydroxylation sites is 2. The van der Waals surface area contributed by atoms with E-state index in [1.165, 1.54) is 6.20 Å². The Kier molecular flexibility index (Phi) is 5.89. The van der Waals surface area contributed by atoms with Gasteiger partial charge in [-0.15, -0.1) is 0 Å². The zero-order chi connectivity index (χ0) is 19.1. The fourth-order valence-corrected chi connectivity index (χ4v) is 2.50. The molecule has 3 aromatic rings. The molecule has 0 radical (unpaired) electrons. The zero-order valence-corrected chi connectivity index (χ0v) is 15.2. The number of rotatable bonds is 7. The van der Waals surface area contributed by atoms with Gasteiger partial charge in [-0.2, -0.15) is 0 Å². The smallest absolute Gasteiger partial charge is 0.257 e. The lowest BCUT2D eigenvalue weighted by Gasteiger charge is -2.11. The van der Waals surface area contributed by atoms with Crippen molar-refractivity contribution in [3.63, 3.8) is 0 Å². The van der Waals surface area contributed by atoms with Gasteiger partial charge in [0.2, 0.25) is 0 Å². The average molecular weight is 363 g/mol. The van der Waals surface area contributed by atoms with E-state index in [1.54, 1.807) is 25.3 Å². The number of aromatic nitrogens is 1. The van der Waals surface area contributed by atoms with Crippen molar-refractivity contribution in [3.8, 4) is 11.5 Å². The number of nitrogens with zero attached hydrogens (tertiary/aromatic N) is 1. The van der Waals surface area contributed by atoms with Gasteiger partial charge in [-0.05, 0) is 43.3 Å². The van der Waals surface area contributed by atoms with Gasteiger partial charge in [-0.25, -0.2) is 4.98 Å². The highest BCUT2D eigenvalue weighted by Crippen LogP contribution is 2.24. The molecule has 0 spiro atoms. The van der Waals surface area contributed by atoms with Gasteiger partial charge in [0.15, 0.2) is 0 Å². The van der Waals surface area contributed by atoms with E-state index >= 15 is 0 Å². The van der Waals surface area contributed by atoms with Gasteiger partial charge in [-0.3, -0.25) is 4.79 Å². The van der Waals surface area contributed by atoms with Crippen molar-refractivity contribution in [2.24, 2.45) is 0 Å². The van der Waals surface area contributed by atoms with E-state index in [0.29, 0.717) is 29.4 Å². The molecule has 1 amide bonds. The normalized spacial score (nSPS) is 10.1. The predicted octanol–water partition coefficient (Wildman–Crippen LogP) is 4.48. The minimum atomic E-state index is -0.248. The molecule has 0 fully saturated rings. The third-order valence-electron chi connectivity index (χ3n) is 3.80. The van der Waals surface area contributed by atoms with Crippen LogP contribution in [-0.2, 0) is 0 Å². The SMILES string of the molecule is CCOc1ccccc1NC(=O)c1ccc(Nc2cccc(OC)c2)nc1. The lowest BCUT2D eigenvalue weighted by molar-refractivity contribution is 0.102. The molecule has 6 heteroatoms. The average Bonchev–Trinajstić information content (AvgIpc) is 2.70. The molecule has 2 aromatic carbocycles. The first kappa shape index (κ1) is 18.3. The Balaban J connectivity index is 1.68. The Morgan fingerprint density at radius 3 is 2.67 bits per heavy atom. The van der Waals surface area contributed by atoms with Crippen LogP contribution in [0.15, 0.2) is 66.9 Å². The first-order valence-corrected chi connectivity index (χ1v) is 8.60. The Hall–Kier alpha value is -3.54. The van der Waals surface area contributed by atoms with Crippen molar-refractivity contribution in [3.05, 3.63) is 72.4 Å². The molecule has 0 bridgehead atoms. The van der Waals surface area contributed by atoms with Gasteiger partial charge in [0.25, 0.3) is 5.91 Å². The quantitative estimate of drug-likeness (QED) is 0.647. The highest BCUT2D eigenvalue weighted by molar-refractivity contribution is 6.04. The van der Waals surface area contributed by atoms with E-state index in [0.717, 1.165) is 11.4 Å². The van der Waals surface area contributed by atoms with Gasteiger partial charge in [0.1, 0.15) is 17.3 Å². The van der Waals surface area contributed by atoms with Crippen LogP contribution in [0.3, 0.4) is 0 Å². The van der Waals surface area contributed by atoms with E-state index in [-0.39, 0.29) is 5.91 Å². The van der Waals surface area contributed by atoms with E-state index in [9.17, 15) is 4.79 Å². The van der Waals surface area contributed by atoms with Crippen molar-refractivity contribution in [1.29, 1.82) is 0 Å². The summed E-state index contributed by atoms with van der Waals surface area (Å²) in [4.78, 5) is 16.8. The monoisotopic (exact) mass is 363 g/mol. The standard InChI is InChI=1S/C21H21N3O3/c1-3-27-19-10-5-4-9-18(19)24-21(25)15-11-12-20(22-14-15)23-16-7-6-8-17(13-16)26-2/h4-14H,3H2,1-2H3,(H,22,23)(H,24,25). The number of benzene rings is 2. The van der Waals surface area contributed by atoms with Crippen LogP contribution in [0.2, 0.25) is 0 Å². The molecule has 0 aliphatic carbocycles. The number of amides is 1. The Labute approximate surface area is 158 Å². The maximum absolute atomic E-state index is 12.5. The van der Waals surface area contributed by atoms with Crippen LogP contribution in [0.1, 0.15) is 17.3 Å². The molecule has 0 saturated carbocycles. The second kappa shape index (κ2) is 8.71. The molecule has 0 aliphatic rings. The fraction of sp³-hybridized carbons (Fsp3) is 0.143. The van der Waals surface area contributed by atoms with Crippen LogP contribution in [0.25, 0.3) is 0 Å². The first-order chi connectivity index (χ1) is 13.2. The number of hydrogen-bond donors (Lipinski definition) is 2. The van der Waals surface area contributed by atoms with Crippen molar-refractivity contribution in [2.75, 3.05) is 24.4 Å². The van der Waals surface area contributed by atoms with Crippen LogP contribution < -0.4 is 20.1 Å². The second-order valence-electron chi connectivity index (χ2n) is 5.67. The summed E-state index contributed by atoms with van der Waals surface area (Å²) in [6.45, 7) is 2.43. The Bertz CT molecular complexity index is 911. The molecule has 2 N–H and O–H groups in total. The van der Waals surface area contributed by atoms with Gasteiger partial charge in [0.05, 0.1) is 25.0 Å². The Morgan fingerprint density at radius 2 is 1.93 bits per heavy atom. The molecule has 3 rings (SSSR count). The van der Waals surface area contributed by atoms with E-state index in [2.05, 4.69) is 15.6 Å². The third-order valence-corrected chi connectivity index (χ3v) is 3.80. The molecule has 138 valence electrons. The summed E-state index contributed by atoms with van der Waals surface area (Å²) in [6.07, 6.45) is 1.53. The van der Waals surface area contributed by atoms with E-state index in [4.69, 9.17) is 9.47 Å². The van der Waals surface area contributed by atoms with Crippen molar-refractivity contribution in [1.82, 2.24) is 4.98 Å². The highest BCUT2D eigenvalue weighted by atomic mass is 16.5. The first-order valence-electron chi connectivity index (χ1n) is 8.60. The van der Waals surface area contributed by atoms with Crippen LogP contribution in [0.4, 0.5) is 17.2 Å². The lowest BCUT2D eigenvalue weighted by atomic mass is 10.2. The number of hydrogen-bond acceptors (Lipinski definition) is 5. The molecule has 1 heterocycles. The highest BCUT2D eigenvalue weighted by Gasteiger charge is 2.10. The minimum absolute atomic E-state index is 0.248. The summed E-state index contributed by atoms with van der Waals surface area (Å²) < 4.78 is 10.7. The molecule has 1 aromatic heterocycles. The summed E-state index contributed by atoms with van der Waals surface area (Å²) >= 11 is 0. The topological polar surface area (TPSA) is 72.5 Å². The van der Waals surface area contributed by atoms with Gasteiger partial charge in [-0.1, -0.05) is 18.2 Å². The number of methoxy groups -OCH3 is 1. The molecule has 0 saturated heterocycles. The van der Waals surface area contributed by atoms with Gasteiger partial charge < -0.3 is 20.1 Å². The lowest BCUT2D eigenvalue weighted by Crippen LogP contribution is -2.13. The number of ether oxygens (including phenoxy) is 2. The van der Waals surface area contributed by atoms with E-state index in [1.807, 2.05) is 49.4 Å². The Morgan fingerprint density at radius 1 is 1.07 bits per heavy atom. The molecule has 0 aliphatic heterocycles. The number of anilines is 3. The fourth-order valence-electron chi connectivity index (χ4n) is 2.50. The minimum Gasteiger partial charge on any atom is -0.497 e. The maximum atomic E-state index is 12.5. The number of carbonyl (C=O) groups is 1. The van der Waals surface area contributed by atoms with Crippen LogP contribution in [0.5, 0.6) is 11.5 Å². The van der Waals surface area contributed by atoms with Crippen LogP contribution in [-0.4, -0.2) is 24.6 Å². The summed E-state index contributed by atoms with van der Waals surface area (Å²) in [5.41, 5.74) is 1.94. The molecular weight excluding hydrogens is 342 g/mol. The predicted molar refractivity (Wildman–Crippen MR) is 106 cm³/mol. The molecule has 0 unspecified atom stereocenters. The van der Waals surface area contributed by atoms with Crippen molar-refractivity contribution >= 4 is 23.1 Å². The zero-order valence-electron chi connectivity index (χ0n) is 15.2. The number of pyridine rings is 1. The number of nitrogens with one attached hydrogen (secondary N) is 2. The molecule has 27 heavy (non-hydrogen) atoms. The molecule has 6 nitrogen and oxygen atoms in total. The van der Waals surface area contributed by atoms with Crippen LogP contribution in [0, 0.1) is 0 Å². The summed E-state index contributed by atoms with van der Waals surface area (Å²) in [5.74, 6) is 1.78. The van der Waals surface area contributed by atoms with Gasteiger partial charge >= 0.3 is 0 Å². The van der Waals surface area contributed by atoms with Crippen LogP contribution >= 0.6 is 0 Å². The molecular formula is C21H21N3O3. The third kappa shape index (κ3) is 4.76. The largest absolute Gasteiger partial charge is 0.497 e. The van der Waals surface area contributed by atoms with E-state index < -0.39 is 0 Å². The maximum Gasteiger partial charge on any atom is 0.257 e. The molecule has 0 atom stereocenters. The van der Waals surface area contributed by atoms with Crippen molar-refractivity contribution < 1.29 is 14.3 Å². The second-order valence-corrected chi connectivity index (χ2v) is 5.67. The summed E-state index contributed by atoms with van der Waals surface area (Å²) in [6, 6.07) is 18.3. The summed E-state index contributed by atoms with van der Waals surface area (Å²) in [7, 11) is 1.62. The van der Waals surface area contributed by atoms with Gasteiger partial charge in [0, 0.05) is 18.0 Å². The summed E-state index contributed by atoms with van der Waals surface area (Å²) in [5, 5.41) is 6.03. The number of carbonyl (C=O) groups excluding carboxylic acids is 1.